The summed E-state index contributed by atoms with van der Waals surface area (Å²) in [5.41, 5.74) is 3.51. The number of carbonyl (C=O) groups is 2. The molecule has 0 aromatic heterocycles. The fourth-order valence-electron chi connectivity index (χ4n) is 4.52. The third-order valence-electron chi connectivity index (χ3n) is 6.03. The van der Waals surface area contributed by atoms with Crippen molar-refractivity contribution in [3.8, 4) is 5.75 Å². The third-order valence-corrected chi connectivity index (χ3v) is 6.03. The van der Waals surface area contributed by atoms with Gasteiger partial charge < -0.3 is 14.4 Å². The zero-order valence-corrected chi connectivity index (χ0v) is 17.3. The van der Waals surface area contributed by atoms with Crippen LogP contribution in [0.4, 0.5) is 5.69 Å². The van der Waals surface area contributed by atoms with Crippen LogP contribution in [0.2, 0.25) is 0 Å². The van der Waals surface area contributed by atoms with E-state index in [4.69, 9.17) is 9.47 Å². The van der Waals surface area contributed by atoms with Gasteiger partial charge in [0, 0.05) is 11.7 Å². The number of fused-ring (bicyclic) bond motifs is 1. The van der Waals surface area contributed by atoms with Crippen LogP contribution in [-0.4, -0.2) is 31.1 Å². The van der Waals surface area contributed by atoms with E-state index in [-0.39, 0.29) is 25.2 Å². The van der Waals surface area contributed by atoms with E-state index in [1.165, 1.54) is 24.0 Å². The maximum Gasteiger partial charge on any atom is 0.344 e. The molecule has 0 saturated heterocycles. The Kier molecular flexibility index (Phi) is 6.67. The van der Waals surface area contributed by atoms with Gasteiger partial charge in [0.2, 0.25) is 0 Å². The fourth-order valence-corrected chi connectivity index (χ4v) is 4.52. The molecule has 0 atom stereocenters. The first kappa shape index (κ1) is 20.5. The molecule has 4 rings (SSSR count). The first-order chi connectivity index (χ1) is 14.7. The molecule has 0 unspecified atom stereocenters. The Hall–Kier alpha value is -2.82. The molecule has 1 fully saturated rings. The molecule has 5 nitrogen and oxygen atoms in total. The second-order valence-corrected chi connectivity index (χ2v) is 8.12. The molecule has 158 valence electrons. The molecule has 1 saturated carbocycles. The highest BCUT2D eigenvalue weighted by atomic mass is 16.6. The molecule has 2 aliphatic rings. The van der Waals surface area contributed by atoms with Gasteiger partial charge in [-0.05, 0) is 67.5 Å². The summed E-state index contributed by atoms with van der Waals surface area (Å²) in [5, 5.41) is 0. The minimum absolute atomic E-state index is 0.162. The molecule has 2 aromatic rings. The van der Waals surface area contributed by atoms with E-state index in [0.717, 1.165) is 44.2 Å². The Bertz CT molecular complexity index is 874. The van der Waals surface area contributed by atoms with Crippen LogP contribution in [0.25, 0.3) is 0 Å². The number of hydrogen-bond donors (Lipinski definition) is 0. The van der Waals surface area contributed by atoms with Crippen LogP contribution < -0.4 is 9.64 Å². The molecule has 0 aliphatic heterocycles. The summed E-state index contributed by atoms with van der Waals surface area (Å²) >= 11 is 0. The number of carbonyl (C=O) groups excluding carboxylic acids is 2. The monoisotopic (exact) mass is 407 g/mol. The summed E-state index contributed by atoms with van der Waals surface area (Å²) in [6.07, 6.45) is 8.75. The number of nitrogens with zero attached hydrogens (tertiary/aromatic N) is 1. The first-order valence-electron chi connectivity index (χ1n) is 11.0. The second-order valence-electron chi connectivity index (χ2n) is 8.12. The van der Waals surface area contributed by atoms with Crippen LogP contribution in [0.5, 0.6) is 5.75 Å². The lowest BCUT2D eigenvalue weighted by Gasteiger charge is -2.34. The summed E-state index contributed by atoms with van der Waals surface area (Å²) in [4.78, 5) is 26.9. The predicted molar refractivity (Wildman–Crippen MR) is 116 cm³/mol. The topological polar surface area (TPSA) is 55.8 Å². The largest absolute Gasteiger partial charge is 0.482 e. The summed E-state index contributed by atoms with van der Waals surface area (Å²) in [6, 6.07) is 15.8. The highest BCUT2D eigenvalue weighted by Gasteiger charge is 2.27. The zero-order valence-electron chi connectivity index (χ0n) is 17.3. The molecule has 0 bridgehead atoms. The van der Waals surface area contributed by atoms with Crippen molar-refractivity contribution in [1.29, 1.82) is 0 Å². The Morgan fingerprint density at radius 2 is 1.63 bits per heavy atom. The number of para-hydroxylation sites is 1. The van der Waals surface area contributed by atoms with Gasteiger partial charge in [-0.3, -0.25) is 4.79 Å². The van der Waals surface area contributed by atoms with E-state index in [1.54, 1.807) is 0 Å². The van der Waals surface area contributed by atoms with Crippen molar-refractivity contribution in [3.05, 3.63) is 59.7 Å². The van der Waals surface area contributed by atoms with Gasteiger partial charge in [0.25, 0.3) is 5.91 Å². The van der Waals surface area contributed by atoms with Crippen LogP contribution in [0.15, 0.2) is 48.5 Å². The molecule has 1 amide bonds. The number of anilines is 1. The summed E-state index contributed by atoms with van der Waals surface area (Å²) in [6.45, 7) is -0.460. The average Bonchev–Trinajstić information content (AvgIpc) is 3.26. The zero-order chi connectivity index (χ0) is 20.8. The maximum absolute atomic E-state index is 13.0. The minimum Gasteiger partial charge on any atom is -0.482 e. The average molecular weight is 408 g/mol. The lowest BCUT2D eigenvalue weighted by atomic mass is 9.93. The Balaban J connectivity index is 1.31. The number of hydrogen-bond acceptors (Lipinski definition) is 4. The van der Waals surface area contributed by atoms with Crippen LogP contribution >= 0.6 is 0 Å². The van der Waals surface area contributed by atoms with Crippen molar-refractivity contribution < 1.29 is 19.1 Å². The van der Waals surface area contributed by atoms with Crippen molar-refractivity contribution in [2.45, 2.75) is 57.4 Å². The predicted octanol–water partition coefficient (Wildman–Crippen LogP) is 4.46. The van der Waals surface area contributed by atoms with Crippen molar-refractivity contribution >= 4 is 17.6 Å². The summed E-state index contributed by atoms with van der Waals surface area (Å²) < 4.78 is 10.8. The number of rotatable bonds is 7. The quantitative estimate of drug-likeness (QED) is 0.636. The van der Waals surface area contributed by atoms with Crippen LogP contribution in [0, 0.1) is 0 Å². The number of amides is 1. The van der Waals surface area contributed by atoms with E-state index in [9.17, 15) is 9.59 Å². The van der Waals surface area contributed by atoms with Gasteiger partial charge in [-0.1, -0.05) is 43.5 Å². The minimum atomic E-state index is -0.527. The number of esters is 1. The molecule has 30 heavy (non-hydrogen) atoms. The Labute approximate surface area is 178 Å². The SMILES string of the molecule is O=C(COc1ccc2c(c1)CCC2)OCC(=O)N(c1ccccc1)C1CCCCC1. The first-order valence-corrected chi connectivity index (χ1v) is 11.0. The highest BCUT2D eigenvalue weighted by molar-refractivity contribution is 5.95. The molecule has 0 heterocycles. The van der Waals surface area contributed by atoms with Gasteiger partial charge in [0.05, 0.1) is 0 Å². The van der Waals surface area contributed by atoms with Crippen molar-refractivity contribution in [1.82, 2.24) is 0 Å². The molecule has 5 heteroatoms. The van der Waals surface area contributed by atoms with Crippen LogP contribution in [0.1, 0.15) is 49.7 Å². The summed E-state index contributed by atoms with van der Waals surface area (Å²) in [5.74, 6) is -0.0356. The Morgan fingerprint density at radius 1 is 0.867 bits per heavy atom. The lowest BCUT2D eigenvalue weighted by molar-refractivity contribution is -0.149. The van der Waals surface area contributed by atoms with Crippen molar-refractivity contribution in [3.63, 3.8) is 0 Å². The van der Waals surface area contributed by atoms with Crippen molar-refractivity contribution in [2.75, 3.05) is 18.1 Å². The third kappa shape index (κ3) is 5.02. The normalized spacial score (nSPS) is 16.0. The molecular formula is C25H29NO4. The second kappa shape index (κ2) is 9.79. The van der Waals surface area contributed by atoms with Gasteiger partial charge >= 0.3 is 5.97 Å². The van der Waals surface area contributed by atoms with Crippen molar-refractivity contribution in [2.24, 2.45) is 0 Å². The smallest absolute Gasteiger partial charge is 0.344 e. The molecule has 0 spiro atoms. The number of aryl methyl sites for hydroxylation is 2. The maximum atomic E-state index is 13.0. The number of benzene rings is 2. The summed E-state index contributed by atoms with van der Waals surface area (Å²) in [7, 11) is 0. The molecule has 0 N–H and O–H groups in total. The standard InChI is InChI=1S/C25H29NO4/c27-24(26(21-10-3-1-4-11-21)22-12-5-2-6-13-22)17-30-25(28)18-29-23-15-14-19-8-7-9-20(19)16-23/h1,3-4,10-11,14-16,22H,2,5-9,12-13,17-18H2. The molecule has 2 aliphatic carbocycles. The van der Waals surface area contributed by atoms with Gasteiger partial charge in [0.15, 0.2) is 13.2 Å². The van der Waals surface area contributed by atoms with E-state index in [0.29, 0.717) is 5.75 Å². The van der Waals surface area contributed by atoms with Gasteiger partial charge in [-0.15, -0.1) is 0 Å². The lowest BCUT2D eigenvalue weighted by Crippen LogP contribution is -2.44. The van der Waals surface area contributed by atoms with Crippen LogP contribution in [-0.2, 0) is 27.2 Å². The van der Waals surface area contributed by atoms with E-state index >= 15 is 0 Å². The van der Waals surface area contributed by atoms with E-state index in [1.807, 2.05) is 47.4 Å². The Morgan fingerprint density at radius 3 is 2.43 bits per heavy atom. The van der Waals surface area contributed by atoms with E-state index in [2.05, 4.69) is 6.07 Å². The van der Waals surface area contributed by atoms with E-state index < -0.39 is 5.97 Å². The van der Waals surface area contributed by atoms with Gasteiger partial charge in [0.1, 0.15) is 5.75 Å². The number of ether oxygens (including phenoxy) is 2. The molecule has 0 radical (unpaired) electrons. The van der Waals surface area contributed by atoms with Crippen LogP contribution in [0.3, 0.4) is 0 Å². The van der Waals surface area contributed by atoms with Gasteiger partial charge in [-0.2, -0.15) is 0 Å². The molecule has 2 aromatic carbocycles. The van der Waals surface area contributed by atoms with Gasteiger partial charge in [-0.25, -0.2) is 4.79 Å². The fraction of sp³-hybridized carbons (Fsp3) is 0.440. The molecular weight excluding hydrogens is 378 g/mol. The highest BCUT2D eigenvalue weighted by Crippen LogP contribution is 2.28.